The summed E-state index contributed by atoms with van der Waals surface area (Å²) in [6, 6.07) is 14.6. The van der Waals surface area contributed by atoms with E-state index in [1.165, 1.54) is 0 Å². The molecule has 30 heavy (non-hydrogen) atoms. The molecule has 1 aliphatic heterocycles. The van der Waals surface area contributed by atoms with E-state index in [1.807, 2.05) is 48.4 Å². The third kappa shape index (κ3) is 5.69. The predicted octanol–water partition coefficient (Wildman–Crippen LogP) is 3.82. The molecular formula is C23H27N3O4. The Balaban J connectivity index is 1.77. The van der Waals surface area contributed by atoms with Gasteiger partial charge in [0.25, 0.3) is 0 Å². The first kappa shape index (κ1) is 21.6. The van der Waals surface area contributed by atoms with Crippen molar-refractivity contribution >= 4 is 12.0 Å². The number of ether oxygens (including phenoxy) is 1. The highest BCUT2D eigenvalue weighted by Crippen LogP contribution is 2.36. The summed E-state index contributed by atoms with van der Waals surface area (Å²) in [5, 5.41) is 4.45. The van der Waals surface area contributed by atoms with E-state index >= 15 is 0 Å². The molecule has 2 atom stereocenters. The van der Waals surface area contributed by atoms with Gasteiger partial charge in [0.15, 0.2) is 0 Å². The van der Waals surface area contributed by atoms with Crippen molar-refractivity contribution in [2.24, 2.45) is 5.92 Å². The Hall–Kier alpha value is -3.15. The summed E-state index contributed by atoms with van der Waals surface area (Å²) in [6.45, 7) is 6.25. The number of benzene rings is 1. The summed E-state index contributed by atoms with van der Waals surface area (Å²) in [5.41, 5.74) is 1.37. The Labute approximate surface area is 176 Å². The van der Waals surface area contributed by atoms with Crippen molar-refractivity contribution in [3.63, 3.8) is 0 Å². The molecule has 1 saturated heterocycles. The van der Waals surface area contributed by atoms with Crippen LogP contribution in [0.1, 0.15) is 44.5 Å². The summed E-state index contributed by atoms with van der Waals surface area (Å²) in [6.07, 6.45) is 1.70. The van der Waals surface area contributed by atoms with Gasteiger partial charge in [0, 0.05) is 18.7 Å². The van der Waals surface area contributed by atoms with Crippen molar-refractivity contribution < 1.29 is 19.2 Å². The van der Waals surface area contributed by atoms with E-state index in [4.69, 9.17) is 9.57 Å². The van der Waals surface area contributed by atoms with Gasteiger partial charge in [-0.05, 0) is 44.9 Å². The molecule has 1 amide bonds. The lowest BCUT2D eigenvalue weighted by Crippen LogP contribution is -2.38. The van der Waals surface area contributed by atoms with Gasteiger partial charge in [-0.15, -0.1) is 0 Å². The highest BCUT2D eigenvalue weighted by Gasteiger charge is 2.39. The predicted molar refractivity (Wildman–Crippen MR) is 112 cm³/mol. The van der Waals surface area contributed by atoms with E-state index in [0.29, 0.717) is 31.0 Å². The summed E-state index contributed by atoms with van der Waals surface area (Å²) in [7, 11) is 0. The van der Waals surface area contributed by atoms with Crippen molar-refractivity contribution in [1.82, 2.24) is 15.4 Å². The van der Waals surface area contributed by atoms with E-state index in [1.54, 1.807) is 38.1 Å². The first-order chi connectivity index (χ1) is 14.4. The number of nitrogens with zero attached hydrogens (tertiary/aromatic N) is 2. The van der Waals surface area contributed by atoms with Gasteiger partial charge in [-0.25, -0.2) is 14.7 Å². The molecule has 0 saturated carbocycles. The molecule has 2 aromatic rings. The van der Waals surface area contributed by atoms with Gasteiger partial charge in [0.05, 0.1) is 18.3 Å². The molecule has 1 aliphatic rings. The van der Waals surface area contributed by atoms with Crippen LogP contribution in [0, 0.1) is 5.92 Å². The van der Waals surface area contributed by atoms with Crippen molar-refractivity contribution in [3.8, 4) is 0 Å². The maximum atomic E-state index is 12.5. The molecule has 0 bridgehead atoms. The van der Waals surface area contributed by atoms with Crippen LogP contribution < -0.4 is 5.32 Å². The van der Waals surface area contributed by atoms with Crippen molar-refractivity contribution in [2.75, 3.05) is 6.54 Å². The van der Waals surface area contributed by atoms with Crippen LogP contribution in [0.5, 0.6) is 0 Å². The van der Waals surface area contributed by atoms with Crippen LogP contribution in [0.2, 0.25) is 0 Å². The number of aromatic nitrogens is 1. The van der Waals surface area contributed by atoms with Crippen LogP contribution in [0.4, 0.5) is 4.79 Å². The van der Waals surface area contributed by atoms with Crippen molar-refractivity contribution in [3.05, 3.63) is 71.7 Å². The number of hydrogen-bond donors (Lipinski definition) is 1. The number of pyridine rings is 1. The van der Waals surface area contributed by atoms with Crippen LogP contribution in [0.25, 0.3) is 0 Å². The molecule has 1 unspecified atom stereocenters. The fraction of sp³-hybridized carbons (Fsp3) is 0.391. The zero-order valence-corrected chi connectivity index (χ0v) is 17.5. The number of carbonyl (C=O) groups excluding carboxylic acids is 2. The SMILES string of the molecule is CC(C)(C)OC(=O)NC(c1ccccn1)[C@H]1CCN(OCc2ccccc2)C1=C=O. The van der Waals surface area contributed by atoms with Crippen LogP contribution >= 0.6 is 0 Å². The lowest BCUT2D eigenvalue weighted by molar-refractivity contribution is -0.131. The van der Waals surface area contributed by atoms with Gasteiger partial charge >= 0.3 is 6.09 Å². The fourth-order valence-electron chi connectivity index (χ4n) is 3.39. The molecule has 1 aromatic carbocycles. The first-order valence-electron chi connectivity index (χ1n) is 9.97. The van der Waals surface area contributed by atoms with Gasteiger partial charge in [-0.1, -0.05) is 36.4 Å². The van der Waals surface area contributed by atoms with Crippen molar-refractivity contribution in [2.45, 2.75) is 45.4 Å². The number of carbonyl (C=O) groups is 1. The third-order valence-corrected chi connectivity index (χ3v) is 4.68. The average molecular weight is 409 g/mol. The second kappa shape index (κ2) is 9.57. The molecule has 0 spiro atoms. The molecule has 158 valence electrons. The maximum Gasteiger partial charge on any atom is 0.408 e. The van der Waals surface area contributed by atoms with E-state index in [0.717, 1.165) is 5.56 Å². The van der Waals surface area contributed by atoms with Crippen LogP contribution in [-0.2, 0) is 21.0 Å². The highest BCUT2D eigenvalue weighted by molar-refractivity contribution is 5.68. The Kier molecular flexibility index (Phi) is 6.87. The molecule has 1 N–H and O–H groups in total. The number of amides is 1. The first-order valence-corrected chi connectivity index (χ1v) is 9.97. The topological polar surface area (TPSA) is 80.8 Å². The quantitative estimate of drug-likeness (QED) is 0.731. The molecule has 0 radical (unpaired) electrons. The smallest absolute Gasteiger partial charge is 0.408 e. The maximum absolute atomic E-state index is 12.5. The van der Waals surface area contributed by atoms with Gasteiger partial charge < -0.3 is 10.1 Å². The van der Waals surface area contributed by atoms with Crippen LogP contribution in [0.15, 0.2) is 60.4 Å². The Morgan fingerprint density at radius 2 is 1.97 bits per heavy atom. The van der Waals surface area contributed by atoms with E-state index < -0.39 is 17.7 Å². The standard InChI is InChI=1S/C23H27N3O4/c1-23(2,3)30-22(28)25-21(19-11-7-8-13-24-19)18-12-14-26(20(18)15-27)29-16-17-9-5-4-6-10-17/h4-11,13,18,21H,12,14,16H2,1-3H3,(H,25,28)/t18-,21?/m0/s1. The lowest BCUT2D eigenvalue weighted by atomic mass is 9.93. The van der Waals surface area contributed by atoms with Crippen LogP contribution in [-0.4, -0.2) is 34.2 Å². The summed E-state index contributed by atoms with van der Waals surface area (Å²) < 4.78 is 5.42. The minimum absolute atomic E-state index is 0.333. The minimum atomic E-state index is -0.636. The van der Waals surface area contributed by atoms with Crippen molar-refractivity contribution in [1.29, 1.82) is 0 Å². The second-order valence-electron chi connectivity index (χ2n) is 8.12. The average Bonchev–Trinajstić information content (AvgIpc) is 3.13. The Morgan fingerprint density at radius 3 is 2.60 bits per heavy atom. The molecule has 1 fully saturated rings. The fourth-order valence-corrected chi connectivity index (χ4v) is 3.39. The Bertz CT molecular complexity index is 890. The summed E-state index contributed by atoms with van der Waals surface area (Å²) in [5.74, 6) is 1.69. The van der Waals surface area contributed by atoms with E-state index in [9.17, 15) is 9.59 Å². The molecule has 3 rings (SSSR count). The lowest BCUT2D eigenvalue weighted by Gasteiger charge is -2.27. The minimum Gasteiger partial charge on any atom is -0.444 e. The molecule has 1 aromatic heterocycles. The zero-order valence-electron chi connectivity index (χ0n) is 17.5. The van der Waals surface area contributed by atoms with Gasteiger partial charge in [-0.3, -0.25) is 9.82 Å². The molecule has 7 heteroatoms. The second-order valence-corrected chi connectivity index (χ2v) is 8.12. The number of nitrogens with one attached hydrogen (secondary N) is 1. The third-order valence-electron chi connectivity index (χ3n) is 4.68. The summed E-state index contributed by atoms with van der Waals surface area (Å²) >= 11 is 0. The number of hydroxylamine groups is 2. The number of rotatable bonds is 6. The van der Waals surface area contributed by atoms with E-state index in [-0.39, 0.29) is 5.92 Å². The molecule has 2 heterocycles. The zero-order chi connectivity index (χ0) is 21.6. The molecule has 0 aliphatic carbocycles. The normalized spacial score (nSPS) is 17.4. The van der Waals surface area contributed by atoms with Gasteiger partial charge in [0.1, 0.15) is 17.2 Å². The largest absolute Gasteiger partial charge is 0.444 e. The van der Waals surface area contributed by atoms with Gasteiger partial charge in [-0.2, -0.15) is 0 Å². The Morgan fingerprint density at radius 1 is 1.23 bits per heavy atom. The molecule has 7 nitrogen and oxygen atoms in total. The van der Waals surface area contributed by atoms with E-state index in [2.05, 4.69) is 10.3 Å². The number of alkyl carbamates (subject to hydrolysis) is 1. The monoisotopic (exact) mass is 409 g/mol. The number of hydrogen-bond acceptors (Lipinski definition) is 6. The highest BCUT2D eigenvalue weighted by atomic mass is 16.7. The molecular weight excluding hydrogens is 382 g/mol. The van der Waals surface area contributed by atoms with Gasteiger partial charge in [0.2, 0.25) is 0 Å². The summed E-state index contributed by atoms with van der Waals surface area (Å²) in [4.78, 5) is 34.6. The van der Waals surface area contributed by atoms with Crippen LogP contribution in [0.3, 0.4) is 0 Å².